The van der Waals surface area contributed by atoms with Crippen LogP contribution in [0.15, 0.2) is 53.0 Å². The van der Waals surface area contributed by atoms with Crippen LogP contribution < -0.4 is 10.2 Å². The van der Waals surface area contributed by atoms with Crippen LogP contribution in [0.3, 0.4) is 0 Å². The van der Waals surface area contributed by atoms with E-state index in [0.29, 0.717) is 6.54 Å². The summed E-state index contributed by atoms with van der Waals surface area (Å²) in [5, 5.41) is 3.78. The predicted octanol–water partition coefficient (Wildman–Crippen LogP) is 2.99. The van der Waals surface area contributed by atoms with Gasteiger partial charge in [0.05, 0.1) is 13.1 Å². The molecule has 0 aliphatic heterocycles. The summed E-state index contributed by atoms with van der Waals surface area (Å²) in [6.07, 6.45) is 0. The van der Waals surface area contributed by atoms with Crippen molar-refractivity contribution in [3.8, 4) is 0 Å². The van der Waals surface area contributed by atoms with Gasteiger partial charge in [-0.05, 0) is 30.7 Å². The van der Waals surface area contributed by atoms with E-state index in [9.17, 15) is 4.79 Å². The second-order valence-corrected chi connectivity index (χ2v) is 7.07. The number of nitrogens with one attached hydrogen (secondary N) is 2. The van der Waals surface area contributed by atoms with Crippen molar-refractivity contribution in [1.82, 2.24) is 5.32 Å². The first-order valence-electron chi connectivity index (χ1n) is 7.55. The van der Waals surface area contributed by atoms with Crippen molar-refractivity contribution >= 4 is 33.4 Å². The molecule has 0 aromatic heterocycles. The van der Waals surface area contributed by atoms with E-state index >= 15 is 0 Å². The number of quaternary nitrogens is 1. The molecule has 2 N–H and O–H groups in total. The van der Waals surface area contributed by atoms with Crippen molar-refractivity contribution < 1.29 is 9.69 Å². The monoisotopic (exact) mass is 395 g/mol. The third-order valence-corrected chi connectivity index (χ3v) is 4.56. The maximum atomic E-state index is 12.2. The lowest BCUT2D eigenvalue weighted by molar-refractivity contribution is -0.885. The number of benzene rings is 2. The Morgan fingerprint density at radius 3 is 2.52 bits per heavy atom. The number of halogens is 2. The third kappa shape index (κ3) is 5.65. The zero-order valence-electron chi connectivity index (χ0n) is 13.3. The molecule has 0 spiro atoms. The highest BCUT2D eigenvalue weighted by Gasteiger charge is 2.15. The number of amides is 1. The quantitative estimate of drug-likeness (QED) is 0.773. The molecule has 0 radical (unpaired) electrons. The SMILES string of the molecule is C[C@H](NC(=O)C[NH+](C)Cc1ccccc1Cl)c1ccc(Br)cc1. The number of hydrogen-bond acceptors (Lipinski definition) is 1. The maximum Gasteiger partial charge on any atom is 0.275 e. The van der Waals surface area contributed by atoms with Gasteiger partial charge >= 0.3 is 0 Å². The predicted molar refractivity (Wildman–Crippen MR) is 97.6 cm³/mol. The summed E-state index contributed by atoms with van der Waals surface area (Å²) in [6, 6.07) is 15.7. The Labute approximate surface area is 150 Å². The third-order valence-electron chi connectivity index (χ3n) is 3.66. The van der Waals surface area contributed by atoms with E-state index in [4.69, 9.17) is 11.6 Å². The summed E-state index contributed by atoms with van der Waals surface area (Å²) in [7, 11) is 1.99. The fraction of sp³-hybridized carbons (Fsp3) is 0.278. The molecule has 0 saturated carbocycles. The number of hydrogen-bond donors (Lipinski definition) is 2. The summed E-state index contributed by atoms with van der Waals surface area (Å²) in [5.74, 6) is 0.0324. The van der Waals surface area contributed by atoms with Gasteiger partial charge in [0.1, 0.15) is 6.54 Å². The summed E-state index contributed by atoms with van der Waals surface area (Å²) >= 11 is 9.58. The van der Waals surface area contributed by atoms with Crippen LogP contribution in [-0.4, -0.2) is 19.5 Å². The lowest BCUT2D eigenvalue weighted by atomic mass is 10.1. The minimum absolute atomic E-state index is 0.0105. The molecule has 1 amide bonds. The highest BCUT2D eigenvalue weighted by molar-refractivity contribution is 9.10. The van der Waals surface area contributed by atoms with E-state index in [1.54, 1.807) is 0 Å². The molecular weight excluding hydrogens is 376 g/mol. The normalized spacial score (nSPS) is 13.4. The van der Waals surface area contributed by atoms with Gasteiger partial charge in [-0.2, -0.15) is 0 Å². The minimum Gasteiger partial charge on any atom is -0.345 e. The Kier molecular flexibility index (Phi) is 6.63. The van der Waals surface area contributed by atoms with Gasteiger partial charge in [0.15, 0.2) is 6.54 Å². The lowest BCUT2D eigenvalue weighted by Gasteiger charge is -2.18. The van der Waals surface area contributed by atoms with Gasteiger partial charge in [-0.25, -0.2) is 0 Å². The van der Waals surface area contributed by atoms with Crippen LogP contribution in [0.5, 0.6) is 0 Å². The first-order chi connectivity index (χ1) is 11.0. The van der Waals surface area contributed by atoms with E-state index in [0.717, 1.165) is 32.1 Å². The second-order valence-electron chi connectivity index (χ2n) is 5.74. The molecule has 5 heteroatoms. The Morgan fingerprint density at radius 1 is 1.22 bits per heavy atom. The van der Waals surface area contributed by atoms with Gasteiger partial charge in [-0.1, -0.05) is 57.9 Å². The van der Waals surface area contributed by atoms with E-state index in [1.807, 2.05) is 62.5 Å². The fourth-order valence-corrected chi connectivity index (χ4v) is 2.90. The zero-order valence-corrected chi connectivity index (χ0v) is 15.6. The van der Waals surface area contributed by atoms with E-state index in [-0.39, 0.29) is 11.9 Å². The topological polar surface area (TPSA) is 33.5 Å². The molecule has 122 valence electrons. The first-order valence-corrected chi connectivity index (χ1v) is 8.72. The van der Waals surface area contributed by atoms with Crippen molar-refractivity contribution in [2.24, 2.45) is 0 Å². The van der Waals surface area contributed by atoms with E-state index in [2.05, 4.69) is 21.2 Å². The molecule has 0 saturated heterocycles. The Balaban J connectivity index is 1.86. The van der Waals surface area contributed by atoms with Gasteiger partial charge in [0, 0.05) is 15.1 Å². The molecule has 2 aromatic rings. The molecule has 2 rings (SSSR count). The van der Waals surface area contributed by atoms with Crippen LogP contribution in [0.4, 0.5) is 0 Å². The second kappa shape index (κ2) is 8.48. The van der Waals surface area contributed by atoms with Crippen molar-refractivity contribution in [2.45, 2.75) is 19.5 Å². The van der Waals surface area contributed by atoms with Crippen LogP contribution in [0.25, 0.3) is 0 Å². The number of likely N-dealkylation sites (N-methyl/N-ethyl adjacent to an activating group) is 1. The molecular formula is C18H21BrClN2O+. The summed E-state index contributed by atoms with van der Waals surface area (Å²) < 4.78 is 1.03. The number of carbonyl (C=O) groups excluding carboxylic acids is 1. The maximum absolute atomic E-state index is 12.2. The highest BCUT2D eigenvalue weighted by Crippen LogP contribution is 2.16. The lowest BCUT2D eigenvalue weighted by Crippen LogP contribution is -3.08. The molecule has 3 nitrogen and oxygen atoms in total. The van der Waals surface area contributed by atoms with Crippen molar-refractivity contribution in [3.63, 3.8) is 0 Å². The van der Waals surface area contributed by atoms with Gasteiger partial charge in [0.2, 0.25) is 0 Å². The molecule has 2 aromatic carbocycles. The molecule has 23 heavy (non-hydrogen) atoms. The van der Waals surface area contributed by atoms with Crippen LogP contribution in [-0.2, 0) is 11.3 Å². The van der Waals surface area contributed by atoms with Crippen LogP contribution >= 0.6 is 27.5 Å². The minimum atomic E-state index is -0.0105. The molecule has 2 atom stereocenters. The molecule has 0 heterocycles. The summed E-state index contributed by atoms with van der Waals surface area (Å²) in [5.41, 5.74) is 2.14. The Morgan fingerprint density at radius 2 is 1.87 bits per heavy atom. The molecule has 0 aliphatic rings. The number of carbonyl (C=O) groups is 1. The van der Waals surface area contributed by atoms with Gasteiger partial charge in [-0.15, -0.1) is 0 Å². The largest absolute Gasteiger partial charge is 0.345 e. The van der Waals surface area contributed by atoms with E-state index < -0.39 is 0 Å². The summed E-state index contributed by atoms with van der Waals surface area (Å²) in [4.78, 5) is 13.3. The van der Waals surface area contributed by atoms with Gasteiger partial charge in [-0.3, -0.25) is 4.79 Å². The Bertz CT molecular complexity index is 660. The smallest absolute Gasteiger partial charge is 0.275 e. The van der Waals surface area contributed by atoms with Crippen LogP contribution in [0.2, 0.25) is 5.02 Å². The molecule has 0 bridgehead atoms. The Hall–Kier alpha value is -1.36. The first kappa shape index (κ1) is 18.0. The van der Waals surface area contributed by atoms with Gasteiger partial charge < -0.3 is 10.2 Å². The van der Waals surface area contributed by atoms with Gasteiger partial charge in [0.25, 0.3) is 5.91 Å². The summed E-state index contributed by atoms with van der Waals surface area (Å²) in [6.45, 7) is 3.12. The average Bonchev–Trinajstić information content (AvgIpc) is 2.50. The fourth-order valence-electron chi connectivity index (χ4n) is 2.43. The molecule has 0 aliphatic carbocycles. The standard InChI is InChI=1S/C18H20BrClN2O/c1-13(14-7-9-16(19)10-8-14)21-18(23)12-22(2)11-15-5-3-4-6-17(15)20/h3-10,13H,11-12H2,1-2H3,(H,21,23)/p+1/t13-/m0/s1. The van der Waals surface area contributed by atoms with Crippen LogP contribution in [0, 0.1) is 0 Å². The zero-order chi connectivity index (χ0) is 16.8. The number of rotatable bonds is 6. The van der Waals surface area contributed by atoms with Crippen molar-refractivity contribution in [3.05, 3.63) is 69.2 Å². The highest BCUT2D eigenvalue weighted by atomic mass is 79.9. The molecule has 1 unspecified atom stereocenters. The van der Waals surface area contributed by atoms with Crippen molar-refractivity contribution in [2.75, 3.05) is 13.6 Å². The average molecular weight is 397 g/mol. The van der Waals surface area contributed by atoms with Crippen LogP contribution in [0.1, 0.15) is 24.1 Å². The van der Waals surface area contributed by atoms with E-state index in [1.165, 1.54) is 0 Å². The molecule has 0 fully saturated rings. The van der Waals surface area contributed by atoms with Crippen molar-refractivity contribution in [1.29, 1.82) is 0 Å².